The Balaban J connectivity index is 2.46. The number of thiophene rings is 1. The highest BCUT2D eigenvalue weighted by Gasteiger charge is 2.21. The molecule has 6 nitrogen and oxygen atoms in total. The van der Waals surface area contributed by atoms with Gasteiger partial charge in [0.15, 0.2) is 4.91 Å². The molecule has 1 aromatic carbocycles. The third kappa shape index (κ3) is 3.19. The van der Waals surface area contributed by atoms with Crippen LogP contribution < -0.4 is 0 Å². The van der Waals surface area contributed by atoms with Crippen molar-refractivity contribution in [2.24, 2.45) is 0 Å². The van der Waals surface area contributed by atoms with Gasteiger partial charge in [-0.05, 0) is 36.4 Å². The SMILES string of the molecule is N#C/C(=C/c1ccc([N+](=O)[O-])s1)S(=O)(=O)c1ccc(F)cc1. The highest BCUT2D eigenvalue weighted by Crippen LogP contribution is 2.28. The Morgan fingerprint density at radius 1 is 1.27 bits per heavy atom. The maximum absolute atomic E-state index is 12.8. The molecular formula is C13H7FN2O4S2. The molecule has 0 aliphatic heterocycles. The molecule has 22 heavy (non-hydrogen) atoms. The van der Waals surface area contributed by atoms with E-state index >= 15 is 0 Å². The molecule has 112 valence electrons. The summed E-state index contributed by atoms with van der Waals surface area (Å²) in [7, 11) is -4.11. The molecular weight excluding hydrogens is 331 g/mol. The van der Waals surface area contributed by atoms with Crippen molar-refractivity contribution in [3.63, 3.8) is 0 Å². The molecule has 0 amide bonds. The van der Waals surface area contributed by atoms with Crippen LogP contribution in [0.2, 0.25) is 0 Å². The molecule has 0 atom stereocenters. The number of sulfone groups is 1. The number of allylic oxidation sites excluding steroid dienone is 1. The largest absolute Gasteiger partial charge is 0.324 e. The number of halogens is 1. The van der Waals surface area contributed by atoms with Crippen molar-refractivity contribution in [1.82, 2.24) is 0 Å². The molecule has 1 aromatic heterocycles. The zero-order chi connectivity index (χ0) is 16.3. The van der Waals surface area contributed by atoms with E-state index in [1.165, 1.54) is 12.1 Å². The molecule has 1 heterocycles. The maximum atomic E-state index is 12.8. The number of nitro groups is 1. The first-order valence-corrected chi connectivity index (χ1v) is 8.01. The summed E-state index contributed by atoms with van der Waals surface area (Å²) in [6.07, 6.45) is 1.05. The second-order valence-corrected chi connectivity index (χ2v) is 7.02. The van der Waals surface area contributed by atoms with Crippen LogP contribution in [0.1, 0.15) is 4.88 Å². The average molecular weight is 338 g/mol. The summed E-state index contributed by atoms with van der Waals surface area (Å²) in [5.41, 5.74) is 0. The van der Waals surface area contributed by atoms with Gasteiger partial charge in [-0.25, -0.2) is 12.8 Å². The Kier molecular flexibility index (Phi) is 4.35. The molecule has 2 aromatic rings. The molecule has 0 saturated carbocycles. The normalized spacial score (nSPS) is 11.9. The van der Waals surface area contributed by atoms with Gasteiger partial charge in [-0.2, -0.15) is 5.26 Å². The second-order valence-electron chi connectivity index (χ2n) is 4.01. The lowest BCUT2D eigenvalue weighted by Crippen LogP contribution is -2.03. The van der Waals surface area contributed by atoms with Gasteiger partial charge in [0.25, 0.3) is 0 Å². The molecule has 9 heteroatoms. The second kappa shape index (κ2) is 6.05. The van der Waals surface area contributed by atoms with Crippen LogP contribution in [-0.2, 0) is 9.84 Å². The van der Waals surface area contributed by atoms with Crippen molar-refractivity contribution in [2.45, 2.75) is 4.90 Å². The summed E-state index contributed by atoms with van der Waals surface area (Å²) in [5.74, 6) is -0.602. The molecule has 0 spiro atoms. The fraction of sp³-hybridized carbons (Fsp3) is 0. The predicted molar refractivity (Wildman–Crippen MR) is 78.1 cm³/mol. The van der Waals surface area contributed by atoms with E-state index in [1.807, 2.05) is 0 Å². The predicted octanol–water partition coefficient (Wildman–Crippen LogP) is 3.13. The Labute approximate surface area is 128 Å². The molecule has 0 N–H and O–H groups in total. The summed E-state index contributed by atoms with van der Waals surface area (Å²) < 4.78 is 37.4. The topological polar surface area (TPSA) is 101 Å². The summed E-state index contributed by atoms with van der Waals surface area (Å²) in [4.78, 5) is 9.44. The minimum atomic E-state index is -4.11. The van der Waals surface area contributed by atoms with Crippen LogP contribution in [0.25, 0.3) is 6.08 Å². The monoisotopic (exact) mass is 338 g/mol. The lowest BCUT2D eigenvalue weighted by Gasteiger charge is -2.02. The summed E-state index contributed by atoms with van der Waals surface area (Å²) in [6, 6.07) is 8.16. The van der Waals surface area contributed by atoms with Gasteiger partial charge in [0.1, 0.15) is 11.9 Å². The van der Waals surface area contributed by atoms with E-state index in [4.69, 9.17) is 5.26 Å². The van der Waals surface area contributed by atoms with Gasteiger partial charge >= 0.3 is 5.00 Å². The van der Waals surface area contributed by atoms with Gasteiger partial charge in [-0.3, -0.25) is 10.1 Å². The van der Waals surface area contributed by atoms with Gasteiger partial charge in [-0.1, -0.05) is 11.3 Å². The maximum Gasteiger partial charge on any atom is 0.324 e. The Hall–Kier alpha value is -2.57. The summed E-state index contributed by atoms with van der Waals surface area (Å²) >= 11 is 0.747. The number of hydrogen-bond donors (Lipinski definition) is 0. The highest BCUT2D eigenvalue weighted by molar-refractivity contribution is 7.95. The van der Waals surface area contributed by atoms with E-state index in [0.717, 1.165) is 41.7 Å². The fourth-order valence-corrected chi connectivity index (χ4v) is 3.55. The Morgan fingerprint density at radius 3 is 2.41 bits per heavy atom. The molecule has 0 bridgehead atoms. The molecule has 0 aliphatic rings. The van der Waals surface area contributed by atoms with E-state index < -0.39 is 25.5 Å². The minimum absolute atomic E-state index is 0.164. The molecule has 0 unspecified atom stereocenters. The van der Waals surface area contributed by atoms with Crippen molar-refractivity contribution in [3.05, 3.63) is 62.1 Å². The quantitative estimate of drug-likeness (QED) is 0.369. The van der Waals surface area contributed by atoms with Crippen LogP contribution in [0, 0.1) is 27.3 Å². The van der Waals surface area contributed by atoms with Gasteiger partial charge in [0.05, 0.1) is 9.82 Å². The van der Waals surface area contributed by atoms with Crippen LogP contribution in [0.4, 0.5) is 9.39 Å². The zero-order valence-corrected chi connectivity index (χ0v) is 12.4. The Morgan fingerprint density at radius 2 is 1.91 bits per heavy atom. The summed E-state index contributed by atoms with van der Waals surface area (Å²) in [5, 5.41) is 19.5. The van der Waals surface area contributed by atoms with Crippen LogP contribution in [0.5, 0.6) is 0 Å². The number of rotatable bonds is 4. The van der Waals surface area contributed by atoms with Crippen molar-refractivity contribution in [1.29, 1.82) is 5.26 Å². The van der Waals surface area contributed by atoms with Gasteiger partial charge in [0, 0.05) is 10.9 Å². The van der Waals surface area contributed by atoms with Gasteiger partial charge in [0.2, 0.25) is 9.84 Å². The Bertz CT molecular complexity index is 893. The lowest BCUT2D eigenvalue weighted by atomic mass is 10.3. The average Bonchev–Trinajstić information content (AvgIpc) is 2.94. The standard InChI is InChI=1S/C13H7FN2O4S2/c14-9-1-4-11(5-2-9)22(19,20)12(8-15)7-10-3-6-13(21-10)16(17)18/h1-7H/b12-7-. The van der Waals surface area contributed by atoms with Crippen molar-refractivity contribution < 1.29 is 17.7 Å². The molecule has 0 fully saturated rings. The first-order chi connectivity index (χ1) is 10.3. The van der Waals surface area contributed by atoms with E-state index in [9.17, 15) is 22.9 Å². The van der Waals surface area contributed by atoms with E-state index in [0.29, 0.717) is 0 Å². The number of benzene rings is 1. The van der Waals surface area contributed by atoms with Gasteiger partial charge < -0.3 is 0 Å². The smallest absolute Gasteiger partial charge is 0.258 e. The zero-order valence-electron chi connectivity index (χ0n) is 10.8. The summed E-state index contributed by atoms with van der Waals surface area (Å²) in [6.45, 7) is 0. The number of nitrogens with zero attached hydrogens (tertiary/aromatic N) is 2. The van der Waals surface area contributed by atoms with Crippen LogP contribution in [0.3, 0.4) is 0 Å². The molecule has 2 rings (SSSR count). The van der Waals surface area contributed by atoms with E-state index in [2.05, 4.69) is 0 Å². The number of nitriles is 1. The third-order valence-electron chi connectivity index (χ3n) is 2.59. The molecule has 0 saturated heterocycles. The minimum Gasteiger partial charge on any atom is -0.258 e. The third-order valence-corrected chi connectivity index (χ3v) is 5.25. The first-order valence-electron chi connectivity index (χ1n) is 5.71. The van der Waals surface area contributed by atoms with Gasteiger partial charge in [-0.15, -0.1) is 0 Å². The van der Waals surface area contributed by atoms with Crippen molar-refractivity contribution in [2.75, 3.05) is 0 Å². The first kappa shape index (κ1) is 15.8. The van der Waals surface area contributed by atoms with E-state index in [-0.39, 0.29) is 14.8 Å². The number of hydrogen-bond acceptors (Lipinski definition) is 6. The molecule has 0 aliphatic carbocycles. The van der Waals surface area contributed by atoms with Crippen LogP contribution >= 0.6 is 11.3 Å². The highest BCUT2D eigenvalue weighted by atomic mass is 32.2. The van der Waals surface area contributed by atoms with Crippen molar-refractivity contribution >= 4 is 32.3 Å². The lowest BCUT2D eigenvalue weighted by molar-refractivity contribution is -0.380. The van der Waals surface area contributed by atoms with E-state index in [1.54, 1.807) is 6.07 Å². The van der Waals surface area contributed by atoms with Crippen LogP contribution in [-0.4, -0.2) is 13.3 Å². The van der Waals surface area contributed by atoms with Crippen LogP contribution in [0.15, 0.2) is 46.2 Å². The molecule has 0 radical (unpaired) electrons. The van der Waals surface area contributed by atoms with Crippen molar-refractivity contribution in [3.8, 4) is 6.07 Å². The fourth-order valence-electron chi connectivity index (χ4n) is 1.56.